The van der Waals surface area contributed by atoms with Crippen LogP contribution in [0.2, 0.25) is 0 Å². The van der Waals surface area contributed by atoms with Crippen LogP contribution in [0.25, 0.3) is 0 Å². The zero-order valence-corrected chi connectivity index (χ0v) is 18.2. The van der Waals surface area contributed by atoms with Crippen LogP contribution in [-0.2, 0) is 0 Å². The van der Waals surface area contributed by atoms with Gasteiger partial charge in [-0.2, -0.15) is 0 Å². The predicted octanol–water partition coefficient (Wildman–Crippen LogP) is 6.30. The third-order valence-corrected chi connectivity index (χ3v) is 8.40. The molecular weight excluding hydrogens is 424 g/mol. The summed E-state index contributed by atoms with van der Waals surface area (Å²) in [6, 6.07) is 12.2. The number of carbonyl (C=O) groups excluding carboxylic acids is 1. The molecule has 29 heavy (non-hydrogen) atoms. The summed E-state index contributed by atoms with van der Waals surface area (Å²) in [5.41, 5.74) is 6.28. The first-order chi connectivity index (χ1) is 14.2. The summed E-state index contributed by atoms with van der Waals surface area (Å²) in [5, 5.41) is 3.23. The van der Waals surface area contributed by atoms with E-state index in [9.17, 15) is 4.79 Å². The maximum Gasteiger partial charge on any atom is 0.255 e. The second-order valence-electron chi connectivity index (χ2n) is 9.46. The van der Waals surface area contributed by atoms with Crippen molar-refractivity contribution in [2.24, 2.45) is 11.8 Å². The first-order valence-corrected chi connectivity index (χ1v) is 12.0. The highest BCUT2D eigenvalue weighted by Gasteiger charge is 2.44. The maximum atomic E-state index is 12.9. The van der Waals surface area contributed by atoms with E-state index >= 15 is 0 Å². The molecule has 4 aliphatic rings. The minimum atomic E-state index is -0.0148. The lowest BCUT2D eigenvalue weighted by atomic mass is 9.75. The summed E-state index contributed by atoms with van der Waals surface area (Å²) in [6.07, 6.45) is 8.03. The lowest BCUT2D eigenvalue weighted by molar-refractivity contribution is 0.102. The number of nitrogens with zero attached hydrogens (tertiary/aromatic N) is 1. The Hall–Kier alpha value is -1.81. The Kier molecular flexibility index (Phi) is 4.26. The molecule has 6 rings (SSSR count). The number of anilines is 2. The van der Waals surface area contributed by atoms with Crippen molar-refractivity contribution in [1.82, 2.24) is 0 Å². The highest BCUT2D eigenvalue weighted by Crippen LogP contribution is 2.56. The average molecular weight is 451 g/mol. The number of hydrogen-bond acceptors (Lipinski definition) is 2. The molecule has 1 amide bonds. The van der Waals surface area contributed by atoms with Crippen molar-refractivity contribution in [3.8, 4) is 0 Å². The summed E-state index contributed by atoms with van der Waals surface area (Å²) in [5.74, 6) is 2.94. The molecule has 3 nitrogen and oxygen atoms in total. The molecular formula is C25H27BrN2O. The molecule has 4 heteroatoms. The van der Waals surface area contributed by atoms with Crippen LogP contribution < -0.4 is 10.2 Å². The van der Waals surface area contributed by atoms with Gasteiger partial charge < -0.3 is 10.2 Å². The SMILES string of the molecule is O=C(Nc1cc2c3c(c1)[C@@H]1CCC[C@H]1CN3C[C@H]1CCC[C@@H]21)c1ccc(Br)cc1. The van der Waals surface area contributed by atoms with Crippen LogP contribution in [0.4, 0.5) is 11.4 Å². The van der Waals surface area contributed by atoms with Gasteiger partial charge in [-0.15, -0.1) is 0 Å². The summed E-state index contributed by atoms with van der Waals surface area (Å²) in [7, 11) is 0. The number of rotatable bonds is 2. The van der Waals surface area contributed by atoms with Crippen LogP contribution in [0.5, 0.6) is 0 Å². The predicted molar refractivity (Wildman–Crippen MR) is 121 cm³/mol. The fraction of sp³-hybridized carbons (Fsp3) is 0.480. The minimum Gasteiger partial charge on any atom is -0.370 e. The zero-order valence-electron chi connectivity index (χ0n) is 16.7. The number of nitrogens with one attached hydrogen (secondary N) is 1. The Labute approximate surface area is 181 Å². The Balaban J connectivity index is 1.41. The van der Waals surface area contributed by atoms with Gasteiger partial charge in [0.15, 0.2) is 0 Å². The zero-order chi connectivity index (χ0) is 19.5. The van der Waals surface area contributed by atoms with Crippen molar-refractivity contribution in [2.75, 3.05) is 23.3 Å². The van der Waals surface area contributed by atoms with Crippen molar-refractivity contribution < 1.29 is 4.79 Å². The molecule has 2 aliphatic heterocycles. The van der Waals surface area contributed by atoms with E-state index in [2.05, 4.69) is 38.3 Å². The molecule has 150 valence electrons. The average Bonchev–Trinajstić information content (AvgIpc) is 3.38. The molecule has 0 unspecified atom stereocenters. The first kappa shape index (κ1) is 18.0. The van der Waals surface area contributed by atoms with E-state index in [1.807, 2.05) is 24.3 Å². The molecule has 2 saturated carbocycles. The molecule has 1 N–H and O–H groups in total. The van der Waals surface area contributed by atoms with E-state index < -0.39 is 0 Å². The van der Waals surface area contributed by atoms with Crippen LogP contribution in [0.1, 0.15) is 71.8 Å². The van der Waals surface area contributed by atoms with Crippen molar-refractivity contribution in [2.45, 2.75) is 50.4 Å². The van der Waals surface area contributed by atoms with E-state index in [0.29, 0.717) is 17.4 Å². The fourth-order valence-electron chi connectivity index (χ4n) is 6.64. The number of carbonyl (C=O) groups is 1. The van der Waals surface area contributed by atoms with Crippen molar-refractivity contribution in [3.05, 3.63) is 57.6 Å². The van der Waals surface area contributed by atoms with Crippen LogP contribution in [0, 0.1) is 11.8 Å². The molecule has 2 heterocycles. The van der Waals surface area contributed by atoms with Gasteiger partial charge in [-0.05, 0) is 96.9 Å². The maximum absolute atomic E-state index is 12.9. The standard InChI is InChI=1S/C25H27BrN2O/c26-18-9-7-15(8-10-18)25(29)27-19-11-22-20-5-1-3-16(20)13-28-14-17-4-2-6-21(17)23(12-19)24(22)28/h7-12,16-17,20-21H,1-6,13-14H2,(H,27,29)/t16-,17+,20-,21-/m1/s1. The van der Waals surface area contributed by atoms with Crippen LogP contribution in [0.15, 0.2) is 40.9 Å². The minimum absolute atomic E-state index is 0.0148. The monoisotopic (exact) mass is 450 g/mol. The number of hydrogen-bond donors (Lipinski definition) is 1. The molecule has 0 spiro atoms. The Morgan fingerprint density at radius 3 is 2.07 bits per heavy atom. The second kappa shape index (κ2) is 6.87. The van der Waals surface area contributed by atoms with Gasteiger partial charge in [-0.1, -0.05) is 28.8 Å². The van der Waals surface area contributed by atoms with Gasteiger partial charge in [-0.25, -0.2) is 0 Å². The third-order valence-electron chi connectivity index (χ3n) is 7.88. The normalized spacial score (nSPS) is 29.2. The number of benzene rings is 2. The highest BCUT2D eigenvalue weighted by molar-refractivity contribution is 9.10. The van der Waals surface area contributed by atoms with Gasteiger partial charge in [-0.3, -0.25) is 4.79 Å². The Bertz CT molecular complexity index is 924. The first-order valence-electron chi connectivity index (χ1n) is 11.2. The summed E-state index contributed by atoms with van der Waals surface area (Å²) < 4.78 is 0.993. The van der Waals surface area contributed by atoms with Gasteiger partial charge in [0.05, 0.1) is 0 Å². The molecule has 2 fully saturated rings. The van der Waals surface area contributed by atoms with E-state index in [0.717, 1.165) is 22.0 Å². The summed E-state index contributed by atoms with van der Waals surface area (Å²) >= 11 is 3.45. The second-order valence-corrected chi connectivity index (χ2v) is 10.4. The van der Waals surface area contributed by atoms with Crippen molar-refractivity contribution >= 4 is 33.2 Å². The van der Waals surface area contributed by atoms with Crippen molar-refractivity contribution in [3.63, 3.8) is 0 Å². The van der Waals surface area contributed by atoms with Gasteiger partial charge in [0.2, 0.25) is 0 Å². The van der Waals surface area contributed by atoms with E-state index in [1.54, 1.807) is 0 Å². The van der Waals surface area contributed by atoms with Gasteiger partial charge >= 0.3 is 0 Å². The lowest BCUT2D eigenvalue weighted by Gasteiger charge is -2.46. The number of fused-ring (bicyclic) bond motifs is 4. The van der Waals surface area contributed by atoms with E-state index in [1.165, 1.54) is 68.4 Å². The quantitative estimate of drug-likeness (QED) is 0.581. The van der Waals surface area contributed by atoms with Gasteiger partial charge in [0.25, 0.3) is 5.91 Å². The molecule has 0 radical (unpaired) electrons. The number of amides is 1. The van der Waals surface area contributed by atoms with Crippen LogP contribution in [0.3, 0.4) is 0 Å². The smallest absolute Gasteiger partial charge is 0.255 e. The molecule has 2 aromatic rings. The van der Waals surface area contributed by atoms with Crippen LogP contribution >= 0.6 is 15.9 Å². The van der Waals surface area contributed by atoms with Gasteiger partial charge in [0.1, 0.15) is 0 Å². The Morgan fingerprint density at radius 1 is 0.897 bits per heavy atom. The molecule has 0 saturated heterocycles. The third kappa shape index (κ3) is 2.94. The molecule has 0 aromatic heterocycles. The summed E-state index contributed by atoms with van der Waals surface area (Å²) in [4.78, 5) is 15.6. The molecule has 2 aliphatic carbocycles. The van der Waals surface area contributed by atoms with E-state index in [4.69, 9.17) is 0 Å². The largest absolute Gasteiger partial charge is 0.370 e. The van der Waals surface area contributed by atoms with Crippen LogP contribution in [-0.4, -0.2) is 19.0 Å². The fourth-order valence-corrected chi connectivity index (χ4v) is 6.90. The molecule has 2 aromatic carbocycles. The Morgan fingerprint density at radius 2 is 1.48 bits per heavy atom. The lowest BCUT2D eigenvalue weighted by Crippen LogP contribution is -2.43. The van der Waals surface area contributed by atoms with E-state index in [-0.39, 0.29) is 5.91 Å². The molecule has 4 atom stereocenters. The van der Waals surface area contributed by atoms with Gasteiger partial charge in [0, 0.05) is 34.5 Å². The number of halogens is 1. The summed E-state index contributed by atoms with van der Waals surface area (Å²) in [6.45, 7) is 2.50. The highest BCUT2D eigenvalue weighted by atomic mass is 79.9. The van der Waals surface area contributed by atoms with Crippen molar-refractivity contribution in [1.29, 1.82) is 0 Å². The topological polar surface area (TPSA) is 32.3 Å². The molecule has 0 bridgehead atoms.